The van der Waals surface area contributed by atoms with Crippen LogP contribution in [0.15, 0.2) is 18.2 Å². The fraction of sp³-hybridized carbons (Fsp3) is 0.647. The fourth-order valence-electron chi connectivity index (χ4n) is 3.08. The van der Waals surface area contributed by atoms with Crippen molar-refractivity contribution in [2.75, 3.05) is 13.1 Å². The zero-order valence-corrected chi connectivity index (χ0v) is 12.4. The summed E-state index contributed by atoms with van der Waals surface area (Å²) in [5.74, 6) is 0.685. The van der Waals surface area contributed by atoms with Gasteiger partial charge in [0.2, 0.25) is 0 Å². The highest BCUT2D eigenvalue weighted by atomic mass is 19.1. The molecular formula is C17H25FN2. The molecule has 1 saturated heterocycles. The quantitative estimate of drug-likeness (QED) is 0.887. The van der Waals surface area contributed by atoms with Crippen molar-refractivity contribution in [3.63, 3.8) is 0 Å². The lowest BCUT2D eigenvalue weighted by molar-refractivity contribution is 0.175. The molecule has 2 fully saturated rings. The average molecular weight is 276 g/mol. The van der Waals surface area contributed by atoms with Crippen molar-refractivity contribution in [2.45, 2.75) is 51.7 Å². The summed E-state index contributed by atoms with van der Waals surface area (Å²) in [4.78, 5) is 2.39. The number of halogens is 1. The van der Waals surface area contributed by atoms with Crippen LogP contribution in [-0.2, 0) is 13.1 Å². The van der Waals surface area contributed by atoms with E-state index in [0.29, 0.717) is 6.04 Å². The molecule has 20 heavy (non-hydrogen) atoms. The first-order chi connectivity index (χ1) is 9.70. The van der Waals surface area contributed by atoms with Crippen LogP contribution in [0.4, 0.5) is 4.39 Å². The number of rotatable bonds is 5. The first-order valence-electron chi connectivity index (χ1n) is 7.94. The van der Waals surface area contributed by atoms with Gasteiger partial charge in [-0.2, -0.15) is 0 Å². The molecule has 0 bridgehead atoms. The Kier molecular flexibility index (Phi) is 4.37. The number of likely N-dealkylation sites (tertiary alicyclic amines) is 1. The van der Waals surface area contributed by atoms with Crippen molar-refractivity contribution < 1.29 is 4.39 Å². The van der Waals surface area contributed by atoms with Gasteiger partial charge in [0.25, 0.3) is 0 Å². The number of hydrogen-bond acceptors (Lipinski definition) is 2. The highest BCUT2D eigenvalue weighted by Gasteiger charge is 2.20. The van der Waals surface area contributed by atoms with Gasteiger partial charge < -0.3 is 5.32 Å². The maximum atomic E-state index is 14.0. The van der Waals surface area contributed by atoms with Gasteiger partial charge in [0.15, 0.2) is 0 Å². The van der Waals surface area contributed by atoms with Crippen LogP contribution < -0.4 is 5.32 Å². The van der Waals surface area contributed by atoms with Gasteiger partial charge in [0.1, 0.15) is 5.82 Å². The maximum absolute atomic E-state index is 14.0. The Labute approximate surface area is 121 Å². The lowest BCUT2D eigenvalue weighted by Crippen LogP contribution is -2.34. The zero-order chi connectivity index (χ0) is 13.9. The highest BCUT2D eigenvalue weighted by molar-refractivity contribution is 5.25. The molecular weight excluding hydrogens is 251 g/mol. The van der Waals surface area contributed by atoms with E-state index in [1.165, 1.54) is 31.2 Å². The predicted molar refractivity (Wildman–Crippen MR) is 79.9 cm³/mol. The largest absolute Gasteiger partial charge is 0.310 e. The topological polar surface area (TPSA) is 15.3 Å². The Morgan fingerprint density at radius 2 is 2.15 bits per heavy atom. The van der Waals surface area contributed by atoms with Crippen molar-refractivity contribution in [1.29, 1.82) is 0 Å². The first kappa shape index (κ1) is 14.0. The van der Waals surface area contributed by atoms with E-state index in [2.05, 4.69) is 17.1 Å². The smallest absolute Gasteiger partial charge is 0.127 e. The molecule has 1 aliphatic heterocycles. The van der Waals surface area contributed by atoms with Gasteiger partial charge in [-0.3, -0.25) is 4.90 Å². The molecule has 3 rings (SSSR count). The van der Waals surface area contributed by atoms with Gasteiger partial charge in [-0.1, -0.05) is 19.1 Å². The predicted octanol–water partition coefficient (Wildman–Crippen LogP) is 3.31. The van der Waals surface area contributed by atoms with E-state index in [1.54, 1.807) is 6.07 Å². The minimum Gasteiger partial charge on any atom is -0.310 e. The van der Waals surface area contributed by atoms with Crippen LogP contribution in [0.25, 0.3) is 0 Å². The Hall–Kier alpha value is -0.930. The lowest BCUT2D eigenvalue weighted by Gasteiger charge is -2.31. The molecule has 2 nitrogen and oxygen atoms in total. The molecule has 0 spiro atoms. The third-order valence-corrected chi connectivity index (χ3v) is 4.42. The number of benzene rings is 1. The SMILES string of the molecule is CC1CCCN(Cc2cc(CNC3CC3)ccc2F)C1. The van der Waals surface area contributed by atoms with Gasteiger partial charge in [-0.15, -0.1) is 0 Å². The highest BCUT2D eigenvalue weighted by Crippen LogP contribution is 2.21. The van der Waals surface area contributed by atoms with Crippen molar-refractivity contribution >= 4 is 0 Å². The third-order valence-electron chi connectivity index (χ3n) is 4.42. The molecule has 110 valence electrons. The van der Waals surface area contributed by atoms with Crippen LogP contribution in [0, 0.1) is 11.7 Å². The van der Waals surface area contributed by atoms with E-state index in [0.717, 1.165) is 37.7 Å². The second-order valence-corrected chi connectivity index (χ2v) is 6.56. The van der Waals surface area contributed by atoms with E-state index in [-0.39, 0.29) is 5.82 Å². The molecule has 1 N–H and O–H groups in total. The Balaban J connectivity index is 1.62. The summed E-state index contributed by atoms with van der Waals surface area (Å²) in [7, 11) is 0. The second kappa shape index (κ2) is 6.23. The van der Waals surface area contributed by atoms with Crippen LogP contribution in [0.3, 0.4) is 0 Å². The van der Waals surface area contributed by atoms with Gasteiger partial charge in [-0.05, 0) is 49.8 Å². The van der Waals surface area contributed by atoms with E-state index in [1.807, 2.05) is 12.1 Å². The summed E-state index contributed by atoms with van der Waals surface area (Å²) in [6.07, 6.45) is 5.13. The standard InChI is InChI=1S/C17H25FN2/c1-13-3-2-8-20(11-13)12-15-9-14(4-7-17(15)18)10-19-16-5-6-16/h4,7,9,13,16,19H,2-3,5-6,8,10-12H2,1H3. The molecule has 1 aliphatic carbocycles. The summed E-state index contributed by atoms with van der Waals surface area (Å²) in [6, 6.07) is 6.29. The second-order valence-electron chi connectivity index (χ2n) is 6.56. The average Bonchev–Trinajstić information content (AvgIpc) is 3.24. The van der Waals surface area contributed by atoms with Crippen molar-refractivity contribution in [2.24, 2.45) is 5.92 Å². The van der Waals surface area contributed by atoms with Crippen LogP contribution in [0.2, 0.25) is 0 Å². The minimum absolute atomic E-state index is 0.0570. The van der Waals surface area contributed by atoms with Gasteiger partial charge in [0, 0.05) is 31.2 Å². The van der Waals surface area contributed by atoms with E-state index in [9.17, 15) is 4.39 Å². The Morgan fingerprint density at radius 3 is 2.90 bits per heavy atom. The molecule has 2 aliphatic rings. The Morgan fingerprint density at radius 1 is 1.30 bits per heavy atom. The summed E-state index contributed by atoms with van der Waals surface area (Å²) in [6.45, 7) is 6.12. The fourth-order valence-corrected chi connectivity index (χ4v) is 3.08. The molecule has 1 atom stereocenters. The van der Waals surface area contributed by atoms with E-state index >= 15 is 0 Å². The van der Waals surface area contributed by atoms with E-state index < -0.39 is 0 Å². The van der Waals surface area contributed by atoms with Gasteiger partial charge in [-0.25, -0.2) is 4.39 Å². The molecule has 0 amide bonds. The zero-order valence-electron chi connectivity index (χ0n) is 12.4. The molecule has 1 saturated carbocycles. The Bertz CT molecular complexity index is 456. The molecule has 0 radical (unpaired) electrons. The van der Waals surface area contributed by atoms with Crippen LogP contribution in [0.5, 0.6) is 0 Å². The minimum atomic E-state index is -0.0570. The number of piperidine rings is 1. The van der Waals surface area contributed by atoms with Crippen LogP contribution in [0.1, 0.15) is 43.7 Å². The van der Waals surface area contributed by atoms with Crippen molar-refractivity contribution in [1.82, 2.24) is 10.2 Å². The van der Waals surface area contributed by atoms with Gasteiger partial charge >= 0.3 is 0 Å². The number of nitrogens with zero attached hydrogens (tertiary/aromatic N) is 1. The summed E-state index contributed by atoms with van der Waals surface area (Å²) < 4.78 is 14.0. The van der Waals surface area contributed by atoms with E-state index in [4.69, 9.17) is 0 Å². The molecule has 1 aromatic carbocycles. The first-order valence-corrected chi connectivity index (χ1v) is 7.94. The maximum Gasteiger partial charge on any atom is 0.127 e. The molecule has 1 heterocycles. The number of hydrogen-bond donors (Lipinski definition) is 1. The van der Waals surface area contributed by atoms with Gasteiger partial charge in [0.05, 0.1) is 0 Å². The lowest BCUT2D eigenvalue weighted by atomic mass is 9.99. The van der Waals surface area contributed by atoms with Crippen molar-refractivity contribution in [3.8, 4) is 0 Å². The number of nitrogens with one attached hydrogen (secondary N) is 1. The monoisotopic (exact) mass is 276 g/mol. The normalized spacial score (nSPS) is 24.0. The van der Waals surface area contributed by atoms with Crippen LogP contribution in [-0.4, -0.2) is 24.0 Å². The summed E-state index contributed by atoms with van der Waals surface area (Å²) >= 11 is 0. The van der Waals surface area contributed by atoms with Crippen LogP contribution >= 0.6 is 0 Å². The summed E-state index contributed by atoms with van der Waals surface area (Å²) in [5, 5.41) is 3.49. The molecule has 1 unspecified atom stereocenters. The third kappa shape index (κ3) is 3.80. The molecule has 3 heteroatoms. The summed E-state index contributed by atoms with van der Waals surface area (Å²) in [5.41, 5.74) is 2.06. The molecule has 0 aromatic heterocycles. The molecule has 1 aromatic rings. The van der Waals surface area contributed by atoms with Crippen molar-refractivity contribution in [3.05, 3.63) is 35.1 Å².